The van der Waals surface area contributed by atoms with Crippen molar-refractivity contribution in [2.75, 3.05) is 19.8 Å². The second kappa shape index (κ2) is 5.42. The molecule has 1 aliphatic heterocycles. The minimum Gasteiger partial charge on any atom is -0.392 e. The Morgan fingerprint density at radius 1 is 1.67 bits per heavy atom. The Hall–Kier alpha value is -0.680. The largest absolute Gasteiger partial charge is 0.392 e. The van der Waals surface area contributed by atoms with Gasteiger partial charge in [0.25, 0.3) is 0 Å². The first-order chi connectivity index (χ1) is 7.02. The van der Waals surface area contributed by atoms with Gasteiger partial charge in [-0.1, -0.05) is 12.2 Å². The Morgan fingerprint density at radius 2 is 2.33 bits per heavy atom. The second-order valence-electron chi connectivity index (χ2n) is 4.09. The number of carbonyl (C=O) groups excluding carboxylic acids is 1. The van der Waals surface area contributed by atoms with Crippen LogP contribution in [0.15, 0.2) is 0 Å². The normalized spacial score (nSPS) is 20.6. The lowest BCUT2D eigenvalue weighted by Crippen LogP contribution is -2.45. The van der Waals surface area contributed by atoms with Crippen LogP contribution in [0.3, 0.4) is 0 Å². The molecule has 0 saturated carbocycles. The van der Waals surface area contributed by atoms with Gasteiger partial charge in [-0.25, -0.2) is 0 Å². The van der Waals surface area contributed by atoms with Gasteiger partial charge in [-0.05, 0) is 20.3 Å². The fraction of sp³-hybridized carbons (Fsp3) is 0.800. The maximum atomic E-state index is 12.1. The predicted molar refractivity (Wildman–Crippen MR) is 62.6 cm³/mol. The quantitative estimate of drug-likeness (QED) is 0.716. The highest BCUT2D eigenvalue weighted by atomic mass is 32.1. The summed E-state index contributed by atoms with van der Waals surface area (Å²) in [6.07, 6.45) is 0.805. The van der Waals surface area contributed by atoms with Crippen LogP contribution in [0, 0.1) is 5.92 Å². The van der Waals surface area contributed by atoms with Crippen LogP contribution in [-0.2, 0) is 9.53 Å². The molecule has 1 amide bonds. The Morgan fingerprint density at radius 3 is 2.73 bits per heavy atom. The number of hydrogen-bond donors (Lipinski definition) is 1. The van der Waals surface area contributed by atoms with Gasteiger partial charge in [0.05, 0.1) is 24.1 Å². The molecule has 1 rings (SSSR count). The van der Waals surface area contributed by atoms with Gasteiger partial charge in [0, 0.05) is 12.6 Å². The highest BCUT2D eigenvalue weighted by molar-refractivity contribution is 7.80. The number of ether oxygens (including phenoxy) is 1. The van der Waals surface area contributed by atoms with Crippen LogP contribution < -0.4 is 5.73 Å². The van der Waals surface area contributed by atoms with Crippen molar-refractivity contribution >= 4 is 23.1 Å². The molecule has 0 aliphatic carbocycles. The first-order valence-electron chi connectivity index (χ1n) is 5.19. The van der Waals surface area contributed by atoms with Gasteiger partial charge in [-0.15, -0.1) is 0 Å². The Balaban J connectivity index is 2.61. The first-order valence-corrected chi connectivity index (χ1v) is 5.59. The van der Waals surface area contributed by atoms with Gasteiger partial charge in [0.15, 0.2) is 0 Å². The van der Waals surface area contributed by atoms with Gasteiger partial charge in [0.1, 0.15) is 0 Å². The van der Waals surface area contributed by atoms with Crippen LogP contribution in [0.2, 0.25) is 0 Å². The summed E-state index contributed by atoms with van der Waals surface area (Å²) in [5.74, 6) is 0.0945. The fourth-order valence-corrected chi connectivity index (χ4v) is 1.79. The van der Waals surface area contributed by atoms with Crippen LogP contribution in [0.5, 0.6) is 0 Å². The summed E-state index contributed by atoms with van der Waals surface area (Å²) in [5.41, 5.74) is 5.47. The van der Waals surface area contributed by atoms with Crippen molar-refractivity contribution in [2.45, 2.75) is 26.3 Å². The van der Waals surface area contributed by atoms with Crippen LogP contribution in [0.4, 0.5) is 0 Å². The molecule has 2 N–H and O–H groups in total. The van der Waals surface area contributed by atoms with Crippen LogP contribution >= 0.6 is 12.2 Å². The molecule has 0 radical (unpaired) electrons. The molecule has 1 unspecified atom stereocenters. The van der Waals surface area contributed by atoms with E-state index < -0.39 is 0 Å². The van der Waals surface area contributed by atoms with Crippen molar-refractivity contribution in [1.29, 1.82) is 0 Å². The number of carbonyl (C=O) groups is 1. The number of hydrogen-bond acceptors (Lipinski definition) is 3. The summed E-state index contributed by atoms with van der Waals surface area (Å²) < 4.78 is 5.20. The van der Waals surface area contributed by atoms with Crippen molar-refractivity contribution in [2.24, 2.45) is 11.7 Å². The van der Waals surface area contributed by atoms with E-state index >= 15 is 0 Å². The van der Waals surface area contributed by atoms with Gasteiger partial charge >= 0.3 is 0 Å². The molecule has 1 saturated heterocycles. The number of nitrogens with zero attached hydrogens (tertiary/aromatic N) is 1. The third-order valence-electron chi connectivity index (χ3n) is 2.51. The summed E-state index contributed by atoms with van der Waals surface area (Å²) in [6.45, 7) is 5.50. The zero-order valence-electron chi connectivity index (χ0n) is 9.23. The molecule has 86 valence electrons. The number of rotatable bonds is 4. The summed E-state index contributed by atoms with van der Waals surface area (Å²) in [4.78, 5) is 14.1. The zero-order chi connectivity index (χ0) is 11.4. The third-order valence-corrected chi connectivity index (χ3v) is 2.64. The highest BCUT2D eigenvalue weighted by Crippen LogP contribution is 2.16. The minimum absolute atomic E-state index is 0.0123. The van der Waals surface area contributed by atoms with Gasteiger partial charge in [-0.3, -0.25) is 4.79 Å². The lowest BCUT2D eigenvalue weighted by Gasteiger charge is -2.28. The number of thiocarbonyl (C=S) groups is 1. The van der Waals surface area contributed by atoms with Gasteiger partial charge < -0.3 is 15.4 Å². The highest BCUT2D eigenvalue weighted by Gasteiger charge is 2.29. The SMILES string of the molecule is CC(C)N(CC(N)=S)C(=O)C1CCOC1. The molecule has 0 aromatic heterocycles. The van der Waals surface area contributed by atoms with E-state index in [0.717, 1.165) is 6.42 Å². The smallest absolute Gasteiger partial charge is 0.228 e. The van der Waals surface area contributed by atoms with Crippen LogP contribution in [0.25, 0.3) is 0 Å². The van der Waals surface area contributed by atoms with Crippen LogP contribution in [-0.4, -0.2) is 41.6 Å². The molecule has 1 fully saturated rings. The van der Waals surface area contributed by atoms with Crippen molar-refractivity contribution in [3.8, 4) is 0 Å². The van der Waals surface area contributed by atoms with E-state index in [2.05, 4.69) is 0 Å². The molecule has 1 heterocycles. The molecular weight excluding hydrogens is 212 g/mol. The van der Waals surface area contributed by atoms with Gasteiger partial charge in [-0.2, -0.15) is 0 Å². The second-order valence-corrected chi connectivity index (χ2v) is 4.61. The summed E-state index contributed by atoms with van der Waals surface area (Å²) in [6, 6.07) is 0.125. The molecule has 15 heavy (non-hydrogen) atoms. The third kappa shape index (κ3) is 3.43. The Bertz CT molecular complexity index is 250. The first kappa shape index (κ1) is 12.4. The summed E-state index contributed by atoms with van der Waals surface area (Å²) in [5, 5.41) is 0. The topological polar surface area (TPSA) is 55.6 Å². The predicted octanol–water partition coefficient (Wildman–Crippen LogP) is 0.546. The molecule has 4 nitrogen and oxygen atoms in total. The lowest BCUT2D eigenvalue weighted by atomic mass is 10.1. The molecule has 1 aliphatic rings. The average molecular weight is 230 g/mol. The van der Waals surface area contributed by atoms with Crippen molar-refractivity contribution < 1.29 is 9.53 Å². The van der Waals surface area contributed by atoms with E-state index in [1.165, 1.54) is 0 Å². The van der Waals surface area contributed by atoms with E-state index in [4.69, 9.17) is 22.7 Å². The van der Waals surface area contributed by atoms with E-state index in [1.807, 2.05) is 13.8 Å². The Kier molecular flexibility index (Phi) is 4.47. The molecular formula is C10H18N2O2S. The molecule has 1 atom stereocenters. The number of nitrogens with two attached hydrogens (primary N) is 1. The summed E-state index contributed by atoms with van der Waals surface area (Å²) in [7, 11) is 0. The average Bonchev–Trinajstić information content (AvgIpc) is 2.65. The molecule has 0 aromatic rings. The van der Waals surface area contributed by atoms with Crippen molar-refractivity contribution in [3.63, 3.8) is 0 Å². The monoisotopic (exact) mass is 230 g/mol. The maximum absolute atomic E-state index is 12.1. The molecule has 5 heteroatoms. The lowest BCUT2D eigenvalue weighted by molar-refractivity contribution is -0.136. The standard InChI is InChI=1S/C10H18N2O2S/c1-7(2)12(5-9(11)15)10(13)8-3-4-14-6-8/h7-8H,3-6H2,1-2H3,(H2,11,15). The van der Waals surface area contributed by atoms with E-state index in [-0.39, 0.29) is 17.9 Å². The van der Waals surface area contributed by atoms with E-state index in [9.17, 15) is 4.79 Å². The fourth-order valence-electron chi connectivity index (χ4n) is 1.65. The van der Waals surface area contributed by atoms with Crippen molar-refractivity contribution in [3.05, 3.63) is 0 Å². The van der Waals surface area contributed by atoms with Gasteiger partial charge in [0.2, 0.25) is 5.91 Å². The van der Waals surface area contributed by atoms with Crippen molar-refractivity contribution in [1.82, 2.24) is 4.90 Å². The number of amides is 1. The minimum atomic E-state index is -0.0123. The molecule has 0 bridgehead atoms. The maximum Gasteiger partial charge on any atom is 0.228 e. The Labute approximate surface area is 95.8 Å². The molecule has 0 spiro atoms. The molecule has 0 aromatic carbocycles. The summed E-state index contributed by atoms with van der Waals surface area (Å²) >= 11 is 4.84. The van der Waals surface area contributed by atoms with E-state index in [1.54, 1.807) is 4.90 Å². The van der Waals surface area contributed by atoms with E-state index in [0.29, 0.717) is 24.7 Å². The zero-order valence-corrected chi connectivity index (χ0v) is 10.0. The van der Waals surface area contributed by atoms with Crippen LogP contribution in [0.1, 0.15) is 20.3 Å².